The summed E-state index contributed by atoms with van der Waals surface area (Å²) in [4.78, 5) is 30.9. The molecule has 0 unspecified atom stereocenters. The molecule has 0 saturated carbocycles. The molecular formula is C20H23N3O2S2. The molecule has 0 spiro atoms. The Labute approximate surface area is 166 Å². The Morgan fingerprint density at radius 1 is 1.30 bits per heavy atom. The van der Waals surface area contributed by atoms with E-state index in [2.05, 4.69) is 24.4 Å². The summed E-state index contributed by atoms with van der Waals surface area (Å²) in [7, 11) is 0. The van der Waals surface area contributed by atoms with Crippen molar-refractivity contribution in [2.24, 2.45) is 0 Å². The van der Waals surface area contributed by atoms with E-state index in [0.717, 1.165) is 22.8 Å². The molecule has 0 fully saturated rings. The van der Waals surface area contributed by atoms with Crippen LogP contribution in [0.2, 0.25) is 0 Å². The number of fused-ring (bicyclic) bond motifs is 1. The Hall–Kier alpha value is -2.12. The van der Waals surface area contributed by atoms with Gasteiger partial charge in [0, 0.05) is 30.6 Å². The fourth-order valence-electron chi connectivity index (χ4n) is 2.78. The van der Waals surface area contributed by atoms with Crippen LogP contribution in [0.3, 0.4) is 0 Å². The fraction of sp³-hybridized carbons (Fsp3) is 0.350. The highest BCUT2D eigenvalue weighted by atomic mass is 32.2. The third-order valence-corrected chi connectivity index (χ3v) is 6.34. The molecule has 2 heterocycles. The van der Waals surface area contributed by atoms with Gasteiger partial charge in [0.15, 0.2) is 5.16 Å². The summed E-state index contributed by atoms with van der Waals surface area (Å²) in [5, 5.41) is 4.21. The molecular weight excluding hydrogens is 378 g/mol. The number of rotatable bonds is 8. The Morgan fingerprint density at radius 3 is 2.78 bits per heavy atom. The van der Waals surface area contributed by atoms with Gasteiger partial charge in [-0.1, -0.05) is 49.0 Å². The van der Waals surface area contributed by atoms with E-state index in [1.807, 2.05) is 24.3 Å². The summed E-state index contributed by atoms with van der Waals surface area (Å²) in [5.74, 6) is 0.626. The molecule has 0 atom stereocenters. The summed E-state index contributed by atoms with van der Waals surface area (Å²) < 4.78 is 1.78. The summed E-state index contributed by atoms with van der Waals surface area (Å²) >= 11 is 3.10. The number of hydrogen-bond donors (Lipinski definition) is 1. The Kier molecular flexibility index (Phi) is 6.68. The van der Waals surface area contributed by atoms with Crippen LogP contribution in [0.5, 0.6) is 0 Å². The minimum absolute atomic E-state index is 0.0221. The van der Waals surface area contributed by atoms with Crippen molar-refractivity contribution < 1.29 is 4.79 Å². The molecule has 2 aromatic heterocycles. The maximum atomic E-state index is 13.1. The van der Waals surface area contributed by atoms with Crippen molar-refractivity contribution in [2.45, 2.75) is 38.4 Å². The SMILES string of the molecule is CCc1cc2c(=O)n(CCc3ccccc3)c(SCCNC(C)=O)nc2s1. The lowest BCUT2D eigenvalue weighted by Crippen LogP contribution is -2.25. The number of benzene rings is 1. The van der Waals surface area contributed by atoms with Crippen LogP contribution in [0.25, 0.3) is 10.2 Å². The van der Waals surface area contributed by atoms with Gasteiger partial charge in [-0.15, -0.1) is 11.3 Å². The number of nitrogens with zero attached hydrogens (tertiary/aromatic N) is 2. The summed E-state index contributed by atoms with van der Waals surface area (Å²) in [6.07, 6.45) is 1.67. The van der Waals surface area contributed by atoms with E-state index in [0.29, 0.717) is 24.2 Å². The zero-order valence-electron chi connectivity index (χ0n) is 15.5. The molecule has 0 radical (unpaired) electrons. The molecule has 3 rings (SSSR count). The molecule has 3 aromatic rings. The molecule has 0 aliphatic rings. The lowest BCUT2D eigenvalue weighted by molar-refractivity contribution is -0.118. The van der Waals surface area contributed by atoms with Crippen molar-refractivity contribution in [3.63, 3.8) is 0 Å². The largest absolute Gasteiger partial charge is 0.356 e. The van der Waals surface area contributed by atoms with E-state index in [1.54, 1.807) is 15.9 Å². The Bertz CT molecular complexity index is 980. The van der Waals surface area contributed by atoms with Gasteiger partial charge < -0.3 is 5.32 Å². The number of nitrogens with one attached hydrogen (secondary N) is 1. The standard InChI is InChI=1S/C20H23N3O2S2/c1-3-16-13-17-18(27-16)22-20(26-12-10-21-14(2)24)23(19(17)25)11-9-15-7-5-4-6-8-15/h4-8,13H,3,9-12H2,1-2H3,(H,21,24). The first kappa shape index (κ1) is 19.6. The van der Waals surface area contributed by atoms with Crippen LogP contribution >= 0.6 is 23.1 Å². The van der Waals surface area contributed by atoms with E-state index >= 15 is 0 Å². The van der Waals surface area contributed by atoms with E-state index in [1.165, 1.54) is 29.1 Å². The molecule has 7 heteroatoms. The summed E-state index contributed by atoms with van der Waals surface area (Å²) in [6, 6.07) is 12.1. The minimum atomic E-state index is -0.0497. The minimum Gasteiger partial charge on any atom is -0.356 e. The maximum absolute atomic E-state index is 13.1. The van der Waals surface area contributed by atoms with Gasteiger partial charge in [-0.3, -0.25) is 14.2 Å². The van der Waals surface area contributed by atoms with Gasteiger partial charge in [0.1, 0.15) is 4.83 Å². The normalized spacial score (nSPS) is 11.0. The number of carbonyl (C=O) groups is 1. The Balaban J connectivity index is 1.88. The van der Waals surface area contributed by atoms with Crippen molar-refractivity contribution in [2.75, 3.05) is 12.3 Å². The van der Waals surface area contributed by atoms with Crippen LogP contribution in [0.1, 0.15) is 24.3 Å². The molecule has 1 aromatic carbocycles. The second kappa shape index (κ2) is 9.19. The predicted octanol–water partition coefficient (Wildman–Crippen LogP) is 3.49. The molecule has 0 aliphatic carbocycles. The third-order valence-electron chi connectivity index (χ3n) is 4.19. The Morgan fingerprint density at radius 2 is 2.07 bits per heavy atom. The van der Waals surface area contributed by atoms with E-state index in [9.17, 15) is 9.59 Å². The molecule has 1 amide bonds. The molecule has 1 N–H and O–H groups in total. The molecule has 0 aliphatic heterocycles. The highest BCUT2D eigenvalue weighted by Gasteiger charge is 2.14. The lowest BCUT2D eigenvalue weighted by atomic mass is 10.1. The van der Waals surface area contributed by atoms with Crippen molar-refractivity contribution in [3.05, 3.63) is 57.2 Å². The number of amides is 1. The van der Waals surface area contributed by atoms with Gasteiger partial charge in [-0.2, -0.15) is 0 Å². The van der Waals surface area contributed by atoms with Gasteiger partial charge in [-0.05, 0) is 24.5 Å². The number of aromatic nitrogens is 2. The van der Waals surface area contributed by atoms with Crippen molar-refractivity contribution in [1.82, 2.24) is 14.9 Å². The average Bonchev–Trinajstić information content (AvgIpc) is 3.09. The molecule has 0 saturated heterocycles. The number of carbonyl (C=O) groups excluding carboxylic acids is 1. The van der Waals surface area contributed by atoms with E-state index < -0.39 is 0 Å². The number of thiophene rings is 1. The summed E-state index contributed by atoms with van der Waals surface area (Å²) in [5.41, 5.74) is 1.21. The maximum Gasteiger partial charge on any atom is 0.262 e. The number of aryl methyl sites for hydroxylation is 2. The monoisotopic (exact) mass is 401 g/mol. The van der Waals surface area contributed by atoms with E-state index in [-0.39, 0.29) is 11.5 Å². The van der Waals surface area contributed by atoms with Crippen LogP contribution in [0.4, 0.5) is 0 Å². The van der Waals surface area contributed by atoms with Gasteiger partial charge in [0.05, 0.1) is 5.39 Å². The topological polar surface area (TPSA) is 64.0 Å². The van der Waals surface area contributed by atoms with Crippen LogP contribution in [0, 0.1) is 0 Å². The zero-order chi connectivity index (χ0) is 19.2. The third kappa shape index (κ3) is 4.99. The highest BCUT2D eigenvalue weighted by Crippen LogP contribution is 2.25. The van der Waals surface area contributed by atoms with Crippen molar-refractivity contribution in [3.8, 4) is 0 Å². The van der Waals surface area contributed by atoms with Crippen molar-refractivity contribution >= 4 is 39.2 Å². The van der Waals surface area contributed by atoms with Crippen LogP contribution in [-0.2, 0) is 24.2 Å². The van der Waals surface area contributed by atoms with Gasteiger partial charge >= 0.3 is 0 Å². The van der Waals surface area contributed by atoms with Crippen molar-refractivity contribution in [1.29, 1.82) is 0 Å². The van der Waals surface area contributed by atoms with Crippen LogP contribution in [0.15, 0.2) is 46.3 Å². The smallest absolute Gasteiger partial charge is 0.262 e. The molecule has 0 bridgehead atoms. The quantitative estimate of drug-likeness (QED) is 0.356. The molecule has 142 valence electrons. The zero-order valence-corrected chi connectivity index (χ0v) is 17.2. The average molecular weight is 402 g/mol. The number of hydrogen-bond acceptors (Lipinski definition) is 5. The second-order valence-electron chi connectivity index (χ2n) is 6.20. The van der Waals surface area contributed by atoms with Gasteiger partial charge in [0.25, 0.3) is 5.56 Å². The first-order valence-electron chi connectivity index (χ1n) is 9.03. The fourth-order valence-corrected chi connectivity index (χ4v) is 4.67. The predicted molar refractivity (Wildman–Crippen MR) is 113 cm³/mol. The molecule has 5 nitrogen and oxygen atoms in total. The lowest BCUT2D eigenvalue weighted by Gasteiger charge is -2.12. The second-order valence-corrected chi connectivity index (χ2v) is 8.38. The first-order valence-corrected chi connectivity index (χ1v) is 10.8. The molecule has 27 heavy (non-hydrogen) atoms. The van der Waals surface area contributed by atoms with Crippen LogP contribution < -0.4 is 10.9 Å². The number of thioether (sulfide) groups is 1. The van der Waals surface area contributed by atoms with Gasteiger partial charge in [-0.25, -0.2) is 4.98 Å². The first-order chi connectivity index (χ1) is 13.1. The van der Waals surface area contributed by atoms with Crippen LogP contribution in [-0.4, -0.2) is 27.8 Å². The van der Waals surface area contributed by atoms with Gasteiger partial charge in [0.2, 0.25) is 5.91 Å². The highest BCUT2D eigenvalue weighted by molar-refractivity contribution is 7.99. The summed E-state index contributed by atoms with van der Waals surface area (Å²) in [6.45, 7) is 4.73. The van der Waals surface area contributed by atoms with E-state index in [4.69, 9.17) is 4.98 Å².